The maximum absolute atomic E-state index is 7.50. The van der Waals surface area contributed by atoms with Crippen molar-refractivity contribution in [2.45, 2.75) is 32.1 Å². The van der Waals surface area contributed by atoms with E-state index in [1.165, 1.54) is 32.1 Å². The molecule has 0 heterocycles. The van der Waals surface area contributed by atoms with Gasteiger partial charge in [0.05, 0.1) is 0 Å². The van der Waals surface area contributed by atoms with Crippen LogP contribution in [0.2, 0.25) is 0 Å². The van der Waals surface area contributed by atoms with Gasteiger partial charge in [-0.05, 0) is 32.1 Å². The van der Waals surface area contributed by atoms with Crippen molar-refractivity contribution in [2.75, 3.05) is 0 Å². The first-order valence-electron chi connectivity index (χ1n) is 4.69. The Morgan fingerprint density at radius 3 is 1.29 bits per heavy atom. The Morgan fingerprint density at radius 2 is 1.14 bits per heavy atom. The van der Waals surface area contributed by atoms with Gasteiger partial charge < -0.3 is 6.42 Å². The predicted octanol–water partition coefficient (Wildman–Crippen LogP) is 3.14. The van der Waals surface area contributed by atoms with E-state index in [4.69, 9.17) is 4.65 Å². The van der Waals surface area contributed by atoms with Gasteiger partial charge in [-0.1, -0.05) is 19.3 Å². The summed E-state index contributed by atoms with van der Waals surface area (Å²) >= 11 is 0. The van der Waals surface area contributed by atoms with Crippen LogP contribution >= 0.6 is 0 Å². The first kappa shape index (κ1) is 16.8. The van der Waals surface area contributed by atoms with E-state index in [0.29, 0.717) is 0 Å². The Kier molecular flexibility index (Phi) is 19.0. The summed E-state index contributed by atoms with van der Waals surface area (Å²) < 4.78 is 7.50. The van der Waals surface area contributed by atoms with Gasteiger partial charge in [0.15, 0.2) is 0 Å². The van der Waals surface area contributed by atoms with Gasteiger partial charge in [-0.2, -0.15) is 12.8 Å². The SMILES string of the molecule is [C-]#[O+].[CH-]1CCCCC1.[CH]1[CH][CH][CH][CH]1.[Ir]. The minimum absolute atomic E-state index is 0. The average Bonchev–Trinajstić information content (AvgIpc) is 2.82. The molecular formula is C12H16IrO-. The normalized spacial score (nSPS) is 19.0. The van der Waals surface area contributed by atoms with Crippen molar-refractivity contribution >= 4 is 0 Å². The van der Waals surface area contributed by atoms with Gasteiger partial charge in [-0.15, -0.1) is 0 Å². The predicted molar refractivity (Wildman–Crippen MR) is 52.8 cm³/mol. The molecule has 0 N–H and O–H groups in total. The molecule has 2 heteroatoms. The summed E-state index contributed by atoms with van der Waals surface area (Å²) in [5.74, 6) is 0. The summed E-state index contributed by atoms with van der Waals surface area (Å²) in [6.07, 6.45) is 19.5. The molecule has 0 aromatic heterocycles. The van der Waals surface area contributed by atoms with Crippen molar-refractivity contribution in [3.8, 4) is 0 Å². The van der Waals surface area contributed by atoms with Crippen molar-refractivity contribution in [1.82, 2.24) is 0 Å². The molecular weight excluding hydrogens is 352 g/mol. The molecule has 14 heavy (non-hydrogen) atoms. The van der Waals surface area contributed by atoms with Crippen molar-refractivity contribution in [2.24, 2.45) is 0 Å². The monoisotopic (exact) mass is 369 g/mol. The largest absolute Gasteiger partial charge is 0.328 e. The third-order valence-corrected chi connectivity index (χ3v) is 1.87. The maximum atomic E-state index is 7.50. The van der Waals surface area contributed by atoms with Crippen LogP contribution in [0.25, 0.3) is 0 Å². The molecule has 0 bridgehead atoms. The summed E-state index contributed by atoms with van der Waals surface area (Å²) in [5.41, 5.74) is 0. The van der Waals surface area contributed by atoms with Crippen LogP contribution in [0.5, 0.6) is 0 Å². The fraction of sp³-hybridized carbons (Fsp3) is 0.417. The molecule has 0 aliphatic heterocycles. The van der Waals surface area contributed by atoms with Crippen molar-refractivity contribution in [3.63, 3.8) is 0 Å². The van der Waals surface area contributed by atoms with Crippen LogP contribution in [0.15, 0.2) is 0 Å². The van der Waals surface area contributed by atoms with Crippen molar-refractivity contribution < 1.29 is 24.8 Å². The van der Waals surface area contributed by atoms with Gasteiger partial charge in [0, 0.05) is 20.1 Å². The van der Waals surface area contributed by atoms with Crippen LogP contribution in [0.3, 0.4) is 0 Å². The Hall–Kier alpha value is 0.389. The van der Waals surface area contributed by atoms with E-state index in [2.05, 4.69) is 13.1 Å². The molecule has 0 aromatic rings. The van der Waals surface area contributed by atoms with E-state index in [9.17, 15) is 0 Å². The Balaban J connectivity index is 0. The molecule has 0 saturated heterocycles. The average molecular weight is 368 g/mol. The zero-order valence-corrected chi connectivity index (χ0v) is 10.6. The molecule has 2 saturated carbocycles. The van der Waals surface area contributed by atoms with Crippen molar-refractivity contribution in [3.05, 3.63) is 45.2 Å². The van der Waals surface area contributed by atoms with Crippen LogP contribution in [0, 0.1) is 45.2 Å². The first-order valence-corrected chi connectivity index (χ1v) is 4.69. The Labute approximate surface area is 102 Å². The van der Waals surface area contributed by atoms with Gasteiger partial charge in [0.25, 0.3) is 0 Å². The molecule has 0 spiro atoms. The molecule has 0 atom stereocenters. The number of hydrogen-bond acceptors (Lipinski definition) is 0. The molecule has 0 aromatic carbocycles. The second kappa shape index (κ2) is 15.8. The number of hydrogen-bond donors (Lipinski definition) is 0. The van der Waals surface area contributed by atoms with Crippen LogP contribution in [0.1, 0.15) is 32.1 Å². The third-order valence-electron chi connectivity index (χ3n) is 1.87. The van der Waals surface area contributed by atoms with Gasteiger partial charge in [0.2, 0.25) is 0 Å². The van der Waals surface area contributed by atoms with Gasteiger partial charge in [0.1, 0.15) is 0 Å². The molecule has 0 amide bonds. The molecule has 0 unspecified atom stereocenters. The molecule has 2 rings (SSSR count). The van der Waals surface area contributed by atoms with E-state index in [1.807, 2.05) is 32.1 Å². The van der Waals surface area contributed by atoms with E-state index in [1.54, 1.807) is 0 Å². The zero-order valence-electron chi connectivity index (χ0n) is 8.24. The van der Waals surface area contributed by atoms with E-state index in [-0.39, 0.29) is 20.1 Å². The standard InChI is InChI=1S/C6H11.C5H5.CO.Ir/c1-2-4-6-5-3-1;1-2-4-5-3-1;1-2;/h1H,2-6H2;1-5H;;/q-1;;;. The molecule has 80 valence electrons. The summed E-state index contributed by atoms with van der Waals surface area (Å²) in [4.78, 5) is 0. The molecule has 2 aliphatic rings. The van der Waals surface area contributed by atoms with E-state index < -0.39 is 0 Å². The number of rotatable bonds is 0. The van der Waals surface area contributed by atoms with E-state index >= 15 is 0 Å². The van der Waals surface area contributed by atoms with Crippen LogP contribution in [-0.2, 0) is 24.8 Å². The third kappa shape index (κ3) is 12.4. The Bertz CT molecular complexity index is 85.0. The minimum Gasteiger partial charge on any atom is -0.328 e. The smallest absolute Gasteiger partial charge is 0 e. The molecule has 6 radical (unpaired) electrons. The second-order valence-electron chi connectivity index (χ2n) is 2.89. The fourth-order valence-corrected chi connectivity index (χ4v) is 1.22. The van der Waals surface area contributed by atoms with Crippen LogP contribution in [0.4, 0.5) is 0 Å². The molecule has 1 nitrogen and oxygen atoms in total. The summed E-state index contributed by atoms with van der Waals surface area (Å²) in [7, 11) is 0. The summed E-state index contributed by atoms with van der Waals surface area (Å²) in [5, 5.41) is 0. The summed E-state index contributed by atoms with van der Waals surface area (Å²) in [6, 6.07) is 0. The molecule has 2 aliphatic carbocycles. The fourth-order valence-electron chi connectivity index (χ4n) is 1.22. The van der Waals surface area contributed by atoms with Crippen LogP contribution < -0.4 is 0 Å². The first-order chi connectivity index (χ1) is 6.50. The minimum atomic E-state index is 0. The van der Waals surface area contributed by atoms with Crippen molar-refractivity contribution in [1.29, 1.82) is 0 Å². The van der Waals surface area contributed by atoms with Crippen LogP contribution in [-0.4, -0.2) is 0 Å². The molecule has 2 fully saturated rings. The second-order valence-corrected chi connectivity index (χ2v) is 2.89. The summed E-state index contributed by atoms with van der Waals surface area (Å²) in [6.45, 7) is 4.50. The zero-order chi connectivity index (χ0) is 9.78. The topological polar surface area (TPSA) is 19.9 Å². The van der Waals surface area contributed by atoms with Gasteiger partial charge in [-0.3, -0.25) is 0 Å². The van der Waals surface area contributed by atoms with Gasteiger partial charge >= 0.3 is 11.3 Å². The maximum Gasteiger partial charge on any atom is 0 e. The van der Waals surface area contributed by atoms with E-state index in [0.717, 1.165) is 0 Å². The Morgan fingerprint density at radius 1 is 0.786 bits per heavy atom. The quantitative estimate of drug-likeness (QED) is 0.462. The van der Waals surface area contributed by atoms with Gasteiger partial charge in [-0.25, -0.2) is 0 Å².